The maximum absolute atomic E-state index is 13.1. The normalized spacial score (nSPS) is 19.6. The maximum atomic E-state index is 13.1. The monoisotopic (exact) mass is 323 g/mol. The first-order valence-electron chi connectivity index (χ1n) is 7.19. The summed E-state index contributed by atoms with van der Waals surface area (Å²) < 4.78 is 22.7. The second-order valence-electron chi connectivity index (χ2n) is 5.36. The van der Waals surface area contributed by atoms with Crippen molar-refractivity contribution in [3.05, 3.63) is 52.6 Å². The van der Waals surface area contributed by atoms with E-state index in [4.69, 9.17) is 4.52 Å². The summed E-state index contributed by atoms with van der Waals surface area (Å²) >= 11 is 0. The molecule has 8 heteroatoms. The molecule has 2 heterocycles. The van der Waals surface area contributed by atoms with Crippen LogP contribution in [0.15, 0.2) is 36.9 Å². The standard InChI is InChI=1S/C14H18N3O4P/c1-2-3-14(12-4-6-13(7-5-12)17(18)19)21-22(20,15-8-9-15)16-10-11-16/h2,4-7,14H,1,3,8-11H2. The molecular weight excluding hydrogens is 305 g/mol. The number of rotatable bonds is 8. The fraction of sp³-hybridized carbons (Fsp3) is 0.429. The molecule has 0 radical (unpaired) electrons. The van der Waals surface area contributed by atoms with Crippen molar-refractivity contribution in [1.29, 1.82) is 0 Å². The number of nitro groups is 1. The number of non-ortho nitro benzene ring substituents is 1. The molecule has 2 saturated heterocycles. The zero-order valence-electron chi connectivity index (χ0n) is 12.1. The van der Waals surface area contributed by atoms with Crippen molar-refractivity contribution >= 4 is 13.4 Å². The van der Waals surface area contributed by atoms with Crippen LogP contribution in [-0.4, -0.2) is 40.4 Å². The van der Waals surface area contributed by atoms with Gasteiger partial charge in [0.05, 0.1) is 11.0 Å². The molecule has 22 heavy (non-hydrogen) atoms. The Labute approximate surface area is 128 Å². The second-order valence-corrected chi connectivity index (χ2v) is 7.69. The average molecular weight is 323 g/mol. The van der Waals surface area contributed by atoms with E-state index in [2.05, 4.69) is 6.58 Å². The maximum Gasteiger partial charge on any atom is 0.346 e. The first kappa shape index (κ1) is 15.4. The lowest BCUT2D eigenvalue weighted by atomic mass is 10.1. The Morgan fingerprint density at radius 3 is 2.23 bits per heavy atom. The molecule has 3 rings (SSSR count). The van der Waals surface area contributed by atoms with Crippen LogP contribution in [-0.2, 0) is 9.09 Å². The molecule has 118 valence electrons. The molecule has 0 saturated carbocycles. The van der Waals surface area contributed by atoms with E-state index in [1.54, 1.807) is 18.2 Å². The minimum atomic E-state index is -2.94. The third-order valence-electron chi connectivity index (χ3n) is 3.68. The zero-order valence-corrected chi connectivity index (χ0v) is 13.0. The summed E-state index contributed by atoms with van der Waals surface area (Å²) in [4.78, 5) is 10.3. The number of nitro benzene ring substituents is 1. The third kappa shape index (κ3) is 3.13. The van der Waals surface area contributed by atoms with Crippen molar-refractivity contribution in [1.82, 2.24) is 9.34 Å². The van der Waals surface area contributed by atoms with E-state index in [1.165, 1.54) is 12.1 Å². The van der Waals surface area contributed by atoms with Gasteiger partial charge in [-0.15, -0.1) is 6.58 Å². The van der Waals surface area contributed by atoms with Crippen LogP contribution < -0.4 is 0 Å². The van der Waals surface area contributed by atoms with E-state index >= 15 is 0 Å². The molecule has 2 fully saturated rings. The van der Waals surface area contributed by atoms with E-state index in [0.29, 0.717) is 6.42 Å². The molecule has 0 aliphatic carbocycles. The van der Waals surface area contributed by atoms with Crippen LogP contribution in [0.1, 0.15) is 18.1 Å². The van der Waals surface area contributed by atoms with Crippen LogP contribution in [0.25, 0.3) is 0 Å². The average Bonchev–Trinajstić information content (AvgIpc) is 3.39. The molecule has 7 nitrogen and oxygen atoms in total. The fourth-order valence-electron chi connectivity index (χ4n) is 2.27. The lowest BCUT2D eigenvalue weighted by Crippen LogP contribution is -2.12. The Morgan fingerprint density at radius 1 is 1.27 bits per heavy atom. The summed E-state index contributed by atoms with van der Waals surface area (Å²) in [6, 6.07) is 6.19. The summed E-state index contributed by atoms with van der Waals surface area (Å²) in [6.07, 6.45) is 1.80. The highest BCUT2D eigenvalue weighted by Gasteiger charge is 2.50. The van der Waals surface area contributed by atoms with Gasteiger partial charge in [-0.25, -0.2) is 9.34 Å². The Kier molecular flexibility index (Phi) is 4.14. The number of benzene rings is 1. The van der Waals surface area contributed by atoms with Crippen LogP contribution in [0.5, 0.6) is 0 Å². The summed E-state index contributed by atoms with van der Waals surface area (Å²) in [5.41, 5.74) is 0.801. The van der Waals surface area contributed by atoms with Crippen molar-refractivity contribution in [2.24, 2.45) is 0 Å². The molecule has 0 amide bonds. The molecule has 1 aromatic rings. The molecule has 2 aliphatic rings. The lowest BCUT2D eigenvalue weighted by Gasteiger charge is -2.25. The van der Waals surface area contributed by atoms with Crippen LogP contribution in [0.3, 0.4) is 0 Å². The van der Waals surface area contributed by atoms with Gasteiger partial charge in [-0.1, -0.05) is 6.08 Å². The molecule has 1 unspecified atom stereocenters. The van der Waals surface area contributed by atoms with Crippen molar-refractivity contribution in [3.8, 4) is 0 Å². The van der Waals surface area contributed by atoms with Gasteiger partial charge in [0.1, 0.15) is 0 Å². The van der Waals surface area contributed by atoms with Crippen molar-refractivity contribution < 1.29 is 14.0 Å². The predicted octanol–water partition coefficient (Wildman–Crippen LogP) is 2.97. The Balaban J connectivity index is 1.81. The van der Waals surface area contributed by atoms with Crippen LogP contribution in [0, 0.1) is 10.1 Å². The number of hydrogen-bond donors (Lipinski definition) is 0. The topological polar surface area (TPSA) is 75.5 Å². The fourth-order valence-corrected chi connectivity index (χ4v) is 4.63. The molecule has 0 spiro atoms. The molecule has 0 aromatic heterocycles. The first-order valence-corrected chi connectivity index (χ1v) is 8.72. The van der Waals surface area contributed by atoms with Gasteiger partial charge in [0, 0.05) is 38.3 Å². The highest BCUT2D eigenvalue weighted by Crippen LogP contribution is 2.63. The van der Waals surface area contributed by atoms with Gasteiger partial charge in [0.15, 0.2) is 0 Å². The van der Waals surface area contributed by atoms with Crippen molar-refractivity contribution in [3.63, 3.8) is 0 Å². The van der Waals surface area contributed by atoms with Crippen molar-refractivity contribution in [2.45, 2.75) is 12.5 Å². The smallest absolute Gasteiger partial charge is 0.297 e. The summed E-state index contributed by atoms with van der Waals surface area (Å²) in [7, 11) is -2.94. The van der Waals surface area contributed by atoms with Gasteiger partial charge in [-0.2, -0.15) is 0 Å². The largest absolute Gasteiger partial charge is 0.346 e. The highest BCUT2D eigenvalue weighted by molar-refractivity contribution is 7.54. The van der Waals surface area contributed by atoms with E-state index in [0.717, 1.165) is 31.7 Å². The Morgan fingerprint density at radius 2 is 1.82 bits per heavy atom. The predicted molar refractivity (Wildman–Crippen MR) is 82.5 cm³/mol. The van der Waals surface area contributed by atoms with Gasteiger partial charge in [-0.05, 0) is 24.1 Å². The summed E-state index contributed by atoms with van der Waals surface area (Å²) in [6.45, 7) is 6.86. The van der Waals surface area contributed by atoms with E-state index in [-0.39, 0.29) is 5.69 Å². The van der Waals surface area contributed by atoms with Crippen LogP contribution in [0.4, 0.5) is 5.69 Å². The lowest BCUT2D eigenvalue weighted by molar-refractivity contribution is -0.384. The molecule has 1 aromatic carbocycles. The van der Waals surface area contributed by atoms with E-state index in [1.807, 2.05) is 9.34 Å². The quantitative estimate of drug-likeness (QED) is 0.241. The van der Waals surface area contributed by atoms with Crippen LogP contribution in [0.2, 0.25) is 0 Å². The number of hydrogen-bond acceptors (Lipinski definition) is 4. The Bertz CT molecular complexity index is 609. The zero-order chi connectivity index (χ0) is 15.7. The van der Waals surface area contributed by atoms with Crippen LogP contribution >= 0.6 is 7.67 Å². The minimum Gasteiger partial charge on any atom is -0.297 e. The van der Waals surface area contributed by atoms with E-state index in [9.17, 15) is 14.7 Å². The Hall–Kier alpha value is -1.53. The molecule has 2 aliphatic heterocycles. The molecule has 1 atom stereocenters. The molecule has 0 bridgehead atoms. The van der Waals surface area contributed by atoms with Gasteiger partial charge < -0.3 is 0 Å². The second kappa shape index (κ2) is 5.93. The molecule has 0 N–H and O–H groups in total. The summed E-state index contributed by atoms with van der Waals surface area (Å²) in [5, 5.41) is 10.7. The van der Waals surface area contributed by atoms with E-state index < -0.39 is 18.7 Å². The first-order chi connectivity index (χ1) is 10.5. The third-order valence-corrected chi connectivity index (χ3v) is 6.44. The van der Waals surface area contributed by atoms with Gasteiger partial charge >= 0.3 is 7.67 Å². The molecular formula is C14H18N3O4P. The minimum absolute atomic E-state index is 0.0289. The van der Waals surface area contributed by atoms with Gasteiger partial charge in [-0.3, -0.25) is 19.2 Å². The van der Waals surface area contributed by atoms with Gasteiger partial charge in [0.2, 0.25) is 0 Å². The number of nitrogens with zero attached hydrogens (tertiary/aromatic N) is 3. The summed E-state index contributed by atoms with van der Waals surface area (Å²) in [5.74, 6) is 0. The highest BCUT2D eigenvalue weighted by atomic mass is 31.2. The SMILES string of the molecule is C=CCC(OP(=O)(N1CC1)N1CC1)c1ccc([N+](=O)[O-])cc1. The van der Waals surface area contributed by atoms with Gasteiger partial charge in [0.25, 0.3) is 5.69 Å². The van der Waals surface area contributed by atoms with Crippen molar-refractivity contribution in [2.75, 3.05) is 26.2 Å².